The second kappa shape index (κ2) is 7.02. The van der Waals surface area contributed by atoms with E-state index in [2.05, 4.69) is 20.8 Å². The van der Waals surface area contributed by atoms with Gasteiger partial charge in [-0.1, -0.05) is 0 Å². The Kier molecular flexibility index (Phi) is 5.08. The Morgan fingerprint density at radius 1 is 1.23 bits per heavy atom. The van der Waals surface area contributed by atoms with Crippen molar-refractivity contribution in [1.29, 1.82) is 0 Å². The van der Waals surface area contributed by atoms with E-state index in [4.69, 9.17) is 4.74 Å². The lowest BCUT2D eigenvalue weighted by Gasteiger charge is -2.10. The standard InChI is InChI=1S/C15H21N5O2/c1-10(2)16-15(21)12-5-7-13(8-6-12)22-9-14-17-18-19-20(14)11(3)4/h5-8,10-11H,9H2,1-4H3,(H,16,21). The number of carbonyl (C=O) groups is 1. The smallest absolute Gasteiger partial charge is 0.251 e. The number of nitrogens with one attached hydrogen (secondary N) is 1. The summed E-state index contributed by atoms with van der Waals surface area (Å²) in [4.78, 5) is 11.8. The van der Waals surface area contributed by atoms with Crippen molar-refractivity contribution in [2.45, 2.75) is 46.4 Å². The van der Waals surface area contributed by atoms with E-state index in [0.717, 1.165) is 0 Å². The van der Waals surface area contributed by atoms with Crippen LogP contribution in [0.15, 0.2) is 24.3 Å². The minimum Gasteiger partial charge on any atom is -0.486 e. The predicted octanol–water partition coefficient (Wildman–Crippen LogP) is 1.97. The van der Waals surface area contributed by atoms with Gasteiger partial charge in [-0.25, -0.2) is 4.68 Å². The zero-order valence-electron chi connectivity index (χ0n) is 13.3. The maximum atomic E-state index is 11.8. The molecule has 1 amide bonds. The normalized spacial score (nSPS) is 11.0. The van der Waals surface area contributed by atoms with Crippen LogP contribution >= 0.6 is 0 Å². The van der Waals surface area contributed by atoms with Crippen LogP contribution in [0.1, 0.15) is 49.9 Å². The van der Waals surface area contributed by atoms with Gasteiger partial charge in [-0.05, 0) is 62.4 Å². The average Bonchev–Trinajstić information content (AvgIpc) is 2.93. The molecule has 1 aromatic heterocycles. The molecule has 0 saturated heterocycles. The molecule has 0 bridgehead atoms. The maximum absolute atomic E-state index is 11.8. The number of carbonyl (C=O) groups excluding carboxylic acids is 1. The third-order valence-electron chi connectivity index (χ3n) is 2.95. The van der Waals surface area contributed by atoms with E-state index < -0.39 is 0 Å². The van der Waals surface area contributed by atoms with Crippen molar-refractivity contribution in [3.63, 3.8) is 0 Å². The molecule has 1 N–H and O–H groups in total. The molecule has 2 aromatic rings. The fraction of sp³-hybridized carbons (Fsp3) is 0.467. The number of amides is 1. The zero-order chi connectivity index (χ0) is 16.1. The molecule has 0 aliphatic heterocycles. The summed E-state index contributed by atoms with van der Waals surface area (Å²) in [6, 6.07) is 7.28. The highest BCUT2D eigenvalue weighted by molar-refractivity contribution is 5.94. The van der Waals surface area contributed by atoms with Crippen molar-refractivity contribution in [3.8, 4) is 5.75 Å². The van der Waals surface area contributed by atoms with Gasteiger partial charge in [0, 0.05) is 11.6 Å². The lowest BCUT2D eigenvalue weighted by molar-refractivity contribution is 0.0943. The van der Waals surface area contributed by atoms with Gasteiger partial charge < -0.3 is 10.1 Å². The Balaban J connectivity index is 1.97. The Bertz CT molecular complexity index is 619. The number of nitrogens with zero attached hydrogens (tertiary/aromatic N) is 4. The molecule has 1 aromatic carbocycles. The first kappa shape index (κ1) is 15.9. The van der Waals surface area contributed by atoms with Crippen LogP contribution in [0.4, 0.5) is 0 Å². The van der Waals surface area contributed by atoms with Gasteiger partial charge in [0.1, 0.15) is 12.4 Å². The quantitative estimate of drug-likeness (QED) is 0.882. The number of ether oxygens (including phenoxy) is 1. The van der Waals surface area contributed by atoms with E-state index in [0.29, 0.717) is 17.1 Å². The first-order valence-corrected chi connectivity index (χ1v) is 7.28. The van der Waals surface area contributed by atoms with Crippen molar-refractivity contribution in [3.05, 3.63) is 35.7 Å². The molecule has 0 aliphatic rings. The molecule has 0 atom stereocenters. The van der Waals surface area contributed by atoms with Crippen LogP contribution in [0, 0.1) is 0 Å². The van der Waals surface area contributed by atoms with E-state index in [9.17, 15) is 4.79 Å². The molecule has 0 saturated carbocycles. The lowest BCUT2D eigenvalue weighted by Crippen LogP contribution is -2.29. The summed E-state index contributed by atoms with van der Waals surface area (Å²) in [5.74, 6) is 1.24. The van der Waals surface area contributed by atoms with Crippen LogP contribution in [0.2, 0.25) is 0 Å². The number of aromatic nitrogens is 4. The summed E-state index contributed by atoms with van der Waals surface area (Å²) in [5, 5.41) is 14.4. The van der Waals surface area contributed by atoms with Crippen molar-refractivity contribution >= 4 is 5.91 Å². The van der Waals surface area contributed by atoms with Gasteiger partial charge in [-0.2, -0.15) is 0 Å². The summed E-state index contributed by atoms with van der Waals surface area (Å²) < 4.78 is 7.37. The summed E-state index contributed by atoms with van der Waals surface area (Å²) in [6.45, 7) is 8.13. The monoisotopic (exact) mass is 303 g/mol. The molecule has 0 fully saturated rings. The summed E-state index contributed by atoms with van der Waals surface area (Å²) >= 11 is 0. The zero-order valence-corrected chi connectivity index (χ0v) is 13.3. The number of benzene rings is 1. The van der Waals surface area contributed by atoms with Crippen LogP contribution in [-0.2, 0) is 6.61 Å². The molecule has 0 aliphatic carbocycles. The van der Waals surface area contributed by atoms with Crippen LogP contribution in [0.5, 0.6) is 5.75 Å². The van der Waals surface area contributed by atoms with Gasteiger partial charge >= 0.3 is 0 Å². The first-order chi connectivity index (χ1) is 10.5. The van der Waals surface area contributed by atoms with Crippen LogP contribution in [-0.4, -0.2) is 32.2 Å². The fourth-order valence-corrected chi connectivity index (χ4v) is 1.90. The van der Waals surface area contributed by atoms with Gasteiger partial charge in [-0.15, -0.1) is 5.10 Å². The topological polar surface area (TPSA) is 81.9 Å². The summed E-state index contributed by atoms with van der Waals surface area (Å²) in [5.41, 5.74) is 0.605. The third kappa shape index (κ3) is 4.03. The molecule has 7 heteroatoms. The van der Waals surface area contributed by atoms with Crippen LogP contribution in [0.3, 0.4) is 0 Å². The lowest BCUT2D eigenvalue weighted by atomic mass is 10.2. The molecule has 1 heterocycles. The van der Waals surface area contributed by atoms with Crippen LogP contribution in [0.25, 0.3) is 0 Å². The molecule has 0 spiro atoms. The maximum Gasteiger partial charge on any atom is 0.251 e. The number of hydrogen-bond acceptors (Lipinski definition) is 5. The molecule has 0 unspecified atom stereocenters. The van der Waals surface area contributed by atoms with Crippen molar-refractivity contribution in [1.82, 2.24) is 25.5 Å². The number of tetrazole rings is 1. The Morgan fingerprint density at radius 2 is 1.91 bits per heavy atom. The van der Waals surface area contributed by atoms with Gasteiger partial charge in [0.2, 0.25) is 0 Å². The second-order valence-electron chi connectivity index (χ2n) is 5.57. The Hall–Kier alpha value is -2.44. The van der Waals surface area contributed by atoms with Gasteiger partial charge in [0.15, 0.2) is 5.82 Å². The van der Waals surface area contributed by atoms with Gasteiger partial charge in [0.05, 0.1) is 6.04 Å². The summed E-state index contributed by atoms with van der Waals surface area (Å²) in [7, 11) is 0. The first-order valence-electron chi connectivity index (χ1n) is 7.28. The summed E-state index contributed by atoms with van der Waals surface area (Å²) in [6.07, 6.45) is 0. The molecule has 118 valence electrons. The van der Waals surface area contributed by atoms with E-state index in [1.165, 1.54) is 0 Å². The van der Waals surface area contributed by atoms with Crippen LogP contribution < -0.4 is 10.1 Å². The van der Waals surface area contributed by atoms with E-state index in [-0.39, 0.29) is 24.6 Å². The van der Waals surface area contributed by atoms with Gasteiger partial charge in [0.25, 0.3) is 5.91 Å². The minimum atomic E-state index is -0.0923. The van der Waals surface area contributed by atoms with Gasteiger partial charge in [-0.3, -0.25) is 4.79 Å². The third-order valence-corrected chi connectivity index (χ3v) is 2.95. The molecule has 22 heavy (non-hydrogen) atoms. The Morgan fingerprint density at radius 3 is 2.50 bits per heavy atom. The molecule has 0 radical (unpaired) electrons. The van der Waals surface area contributed by atoms with Crippen molar-refractivity contribution in [2.24, 2.45) is 0 Å². The van der Waals surface area contributed by atoms with E-state index in [1.54, 1.807) is 28.9 Å². The average molecular weight is 303 g/mol. The Labute approximate surface area is 129 Å². The number of rotatable bonds is 6. The highest BCUT2D eigenvalue weighted by Crippen LogP contribution is 2.14. The van der Waals surface area contributed by atoms with E-state index in [1.807, 2.05) is 27.7 Å². The molecule has 7 nitrogen and oxygen atoms in total. The van der Waals surface area contributed by atoms with Crippen molar-refractivity contribution in [2.75, 3.05) is 0 Å². The second-order valence-corrected chi connectivity index (χ2v) is 5.57. The SMILES string of the molecule is CC(C)NC(=O)c1ccc(OCc2nnnn2C(C)C)cc1. The highest BCUT2D eigenvalue weighted by Gasteiger charge is 2.10. The molecule has 2 rings (SSSR count). The highest BCUT2D eigenvalue weighted by atomic mass is 16.5. The largest absolute Gasteiger partial charge is 0.486 e. The van der Waals surface area contributed by atoms with Crippen molar-refractivity contribution < 1.29 is 9.53 Å². The molecular weight excluding hydrogens is 282 g/mol. The fourth-order valence-electron chi connectivity index (χ4n) is 1.90. The predicted molar refractivity (Wildman–Crippen MR) is 81.6 cm³/mol. The molecular formula is C15H21N5O2. The minimum absolute atomic E-state index is 0.0923. The van der Waals surface area contributed by atoms with E-state index >= 15 is 0 Å². The number of hydrogen-bond donors (Lipinski definition) is 1.